The van der Waals surface area contributed by atoms with Crippen molar-refractivity contribution in [2.45, 2.75) is 0 Å². The first-order chi connectivity index (χ1) is 11.0. The van der Waals surface area contributed by atoms with Crippen molar-refractivity contribution in [2.24, 2.45) is 7.05 Å². The number of nitrogens with zero attached hydrogens (tertiary/aromatic N) is 4. The van der Waals surface area contributed by atoms with Crippen molar-refractivity contribution in [3.8, 4) is 5.88 Å². The van der Waals surface area contributed by atoms with Crippen LogP contribution in [0.4, 0.5) is 4.79 Å². The summed E-state index contributed by atoms with van der Waals surface area (Å²) in [5, 5.41) is 6.92. The lowest BCUT2D eigenvalue weighted by molar-refractivity contribution is 0.0884. The molecule has 0 aromatic carbocycles. The van der Waals surface area contributed by atoms with Gasteiger partial charge in [-0.15, -0.1) is 5.10 Å². The van der Waals surface area contributed by atoms with Crippen LogP contribution in [0.5, 0.6) is 5.88 Å². The summed E-state index contributed by atoms with van der Waals surface area (Å²) in [7, 11) is 4.61. The van der Waals surface area contributed by atoms with Gasteiger partial charge in [-0.25, -0.2) is 4.79 Å². The van der Waals surface area contributed by atoms with Gasteiger partial charge in [0.05, 0.1) is 14.2 Å². The topological polar surface area (TPSA) is 88.9 Å². The molecular formula is C14H23N5O4. The second-order valence-electron chi connectivity index (χ2n) is 5.28. The van der Waals surface area contributed by atoms with Crippen LogP contribution in [0.15, 0.2) is 6.20 Å². The summed E-state index contributed by atoms with van der Waals surface area (Å²) in [5.41, 5.74) is 0.422. The largest absolute Gasteiger partial charge is 0.479 e. The molecule has 9 nitrogen and oxygen atoms in total. The number of hydrogen-bond donors (Lipinski definition) is 1. The van der Waals surface area contributed by atoms with Gasteiger partial charge in [0, 0.05) is 52.5 Å². The smallest absolute Gasteiger partial charge is 0.409 e. The van der Waals surface area contributed by atoms with E-state index in [-0.39, 0.29) is 12.0 Å². The van der Waals surface area contributed by atoms with Gasteiger partial charge >= 0.3 is 6.09 Å². The van der Waals surface area contributed by atoms with Crippen molar-refractivity contribution >= 4 is 12.0 Å². The molecule has 0 spiro atoms. The number of piperazine rings is 1. The Morgan fingerprint density at radius 2 is 1.96 bits per heavy atom. The van der Waals surface area contributed by atoms with Gasteiger partial charge in [0.25, 0.3) is 5.91 Å². The summed E-state index contributed by atoms with van der Waals surface area (Å²) in [6.45, 7) is 4.05. The van der Waals surface area contributed by atoms with Crippen LogP contribution in [0.2, 0.25) is 0 Å². The van der Waals surface area contributed by atoms with Gasteiger partial charge in [0.2, 0.25) is 5.88 Å². The molecule has 2 heterocycles. The molecule has 0 atom stereocenters. The average Bonchev–Trinajstić information content (AvgIpc) is 2.95. The highest BCUT2D eigenvalue weighted by Crippen LogP contribution is 2.14. The van der Waals surface area contributed by atoms with E-state index in [1.165, 1.54) is 14.2 Å². The molecule has 1 saturated heterocycles. The molecule has 0 aliphatic carbocycles. The Labute approximate surface area is 135 Å². The molecule has 1 aliphatic heterocycles. The molecule has 1 aromatic heterocycles. The van der Waals surface area contributed by atoms with Crippen LogP contribution in [0, 0.1) is 0 Å². The highest BCUT2D eigenvalue weighted by molar-refractivity contribution is 5.96. The zero-order valence-electron chi connectivity index (χ0n) is 13.7. The third-order valence-electron chi connectivity index (χ3n) is 3.75. The predicted molar refractivity (Wildman–Crippen MR) is 82.5 cm³/mol. The van der Waals surface area contributed by atoms with Crippen molar-refractivity contribution < 1.29 is 19.1 Å². The number of aryl methyl sites for hydroxylation is 1. The van der Waals surface area contributed by atoms with E-state index < -0.39 is 0 Å². The monoisotopic (exact) mass is 325 g/mol. The van der Waals surface area contributed by atoms with Crippen molar-refractivity contribution in [3.05, 3.63) is 11.8 Å². The summed E-state index contributed by atoms with van der Waals surface area (Å²) in [4.78, 5) is 27.4. The molecule has 9 heteroatoms. The fourth-order valence-electron chi connectivity index (χ4n) is 2.48. The van der Waals surface area contributed by atoms with Crippen LogP contribution < -0.4 is 10.1 Å². The Bertz CT molecular complexity index is 551. The minimum absolute atomic E-state index is 0.205. The molecule has 0 radical (unpaired) electrons. The molecule has 1 fully saturated rings. The molecule has 0 unspecified atom stereocenters. The lowest BCUT2D eigenvalue weighted by atomic mass is 10.3. The van der Waals surface area contributed by atoms with E-state index in [1.807, 2.05) is 0 Å². The number of nitrogens with one attached hydrogen (secondary N) is 1. The number of aromatic nitrogens is 2. The maximum Gasteiger partial charge on any atom is 0.409 e. The number of methoxy groups -OCH3 is 2. The van der Waals surface area contributed by atoms with E-state index in [0.29, 0.717) is 31.1 Å². The normalized spacial score (nSPS) is 15.3. The Kier molecular flexibility index (Phi) is 5.80. The number of rotatable bonds is 5. The van der Waals surface area contributed by atoms with Gasteiger partial charge in [-0.3, -0.25) is 14.4 Å². The number of hydrogen-bond acceptors (Lipinski definition) is 6. The summed E-state index contributed by atoms with van der Waals surface area (Å²) in [6.07, 6.45) is 1.34. The highest BCUT2D eigenvalue weighted by atomic mass is 16.5. The first-order valence-corrected chi connectivity index (χ1v) is 7.46. The summed E-state index contributed by atoms with van der Waals surface area (Å²) in [5.74, 6) is 0.111. The number of ether oxygens (including phenoxy) is 2. The van der Waals surface area contributed by atoms with Gasteiger partial charge < -0.3 is 19.7 Å². The minimum atomic E-state index is -0.290. The molecule has 0 saturated carbocycles. The predicted octanol–water partition coefficient (Wildman–Crippen LogP) is -0.457. The molecule has 1 aliphatic rings. The summed E-state index contributed by atoms with van der Waals surface area (Å²) >= 11 is 0. The maximum absolute atomic E-state index is 12.1. The first-order valence-electron chi connectivity index (χ1n) is 7.46. The molecule has 23 heavy (non-hydrogen) atoms. The van der Waals surface area contributed by atoms with Crippen molar-refractivity contribution in [1.82, 2.24) is 24.9 Å². The molecule has 2 amide bonds. The van der Waals surface area contributed by atoms with Crippen molar-refractivity contribution in [2.75, 3.05) is 53.5 Å². The van der Waals surface area contributed by atoms with Gasteiger partial charge in [-0.1, -0.05) is 0 Å². The minimum Gasteiger partial charge on any atom is -0.479 e. The lowest BCUT2D eigenvalue weighted by Gasteiger charge is -2.33. The van der Waals surface area contributed by atoms with Crippen LogP contribution in [0.1, 0.15) is 10.4 Å². The Hall–Kier alpha value is -2.29. The second kappa shape index (κ2) is 7.82. The third-order valence-corrected chi connectivity index (χ3v) is 3.75. The SMILES string of the molecule is COC(=O)N1CCN(CCNC(=O)c2cn(C)nc2OC)CC1. The number of carbonyl (C=O) groups excluding carboxylic acids is 2. The Morgan fingerprint density at radius 3 is 2.57 bits per heavy atom. The Morgan fingerprint density at radius 1 is 1.26 bits per heavy atom. The maximum atomic E-state index is 12.1. The summed E-state index contributed by atoms with van der Waals surface area (Å²) < 4.78 is 11.3. The van der Waals surface area contributed by atoms with Crippen LogP contribution in [-0.4, -0.2) is 85.1 Å². The Balaban J connectivity index is 1.73. The van der Waals surface area contributed by atoms with Gasteiger partial charge in [0.15, 0.2) is 0 Å². The second-order valence-corrected chi connectivity index (χ2v) is 5.28. The van der Waals surface area contributed by atoms with E-state index in [0.717, 1.165) is 19.6 Å². The zero-order valence-corrected chi connectivity index (χ0v) is 13.7. The van der Waals surface area contributed by atoms with Crippen LogP contribution in [-0.2, 0) is 11.8 Å². The standard InChI is InChI=1S/C14H23N5O4/c1-17-10-11(13(16-17)22-2)12(20)15-4-5-18-6-8-19(9-7-18)14(21)23-3/h10H,4-9H2,1-3H3,(H,15,20). The third kappa shape index (κ3) is 4.35. The van der Waals surface area contributed by atoms with E-state index in [1.54, 1.807) is 22.8 Å². The average molecular weight is 325 g/mol. The van der Waals surface area contributed by atoms with Gasteiger partial charge in [0.1, 0.15) is 5.56 Å². The van der Waals surface area contributed by atoms with Crippen LogP contribution in [0.3, 0.4) is 0 Å². The van der Waals surface area contributed by atoms with Crippen molar-refractivity contribution in [3.63, 3.8) is 0 Å². The van der Waals surface area contributed by atoms with Gasteiger partial charge in [-0.05, 0) is 0 Å². The molecule has 2 rings (SSSR count). The quantitative estimate of drug-likeness (QED) is 0.788. The molecule has 1 aromatic rings. The molecule has 128 valence electrons. The van der Waals surface area contributed by atoms with Crippen molar-refractivity contribution in [1.29, 1.82) is 0 Å². The zero-order chi connectivity index (χ0) is 16.8. The number of carbonyl (C=O) groups is 2. The van der Waals surface area contributed by atoms with Crippen LogP contribution >= 0.6 is 0 Å². The highest BCUT2D eigenvalue weighted by Gasteiger charge is 2.21. The first kappa shape index (κ1) is 17.1. The number of amides is 2. The fourth-order valence-corrected chi connectivity index (χ4v) is 2.48. The molecular weight excluding hydrogens is 302 g/mol. The van der Waals surface area contributed by atoms with Crippen LogP contribution in [0.25, 0.3) is 0 Å². The van der Waals surface area contributed by atoms with E-state index >= 15 is 0 Å². The van der Waals surface area contributed by atoms with E-state index in [4.69, 9.17) is 9.47 Å². The fraction of sp³-hybridized carbons (Fsp3) is 0.643. The lowest BCUT2D eigenvalue weighted by Crippen LogP contribution is -2.50. The van der Waals surface area contributed by atoms with Gasteiger partial charge in [-0.2, -0.15) is 0 Å². The summed E-state index contributed by atoms with van der Waals surface area (Å²) in [6, 6.07) is 0. The van der Waals surface area contributed by atoms with E-state index in [2.05, 4.69) is 15.3 Å². The molecule has 1 N–H and O–H groups in total. The van der Waals surface area contributed by atoms with E-state index in [9.17, 15) is 9.59 Å². The molecule has 0 bridgehead atoms.